The summed E-state index contributed by atoms with van der Waals surface area (Å²) in [7, 11) is -3.29. The van der Waals surface area contributed by atoms with Crippen LogP contribution in [0.25, 0.3) is 16.6 Å². The van der Waals surface area contributed by atoms with Gasteiger partial charge in [-0.25, -0.2) is 9.55 Å². The van der Waals surface area contributed by atoms with Crippen molar-refractivity contribution in [1.29, 1.82) is 0 Å². The van der Waals surface area contributed by atoms with Crippen LogP contribution in [-0.2, 0) is 13.9 Å². The van der Waals surface area contributed by atoms with Gasteiger partial charge in [-0.3, -0.25) is 14.1 Å². The highest BCUT2D eigenvalue weighted by Gasteiger charge is 2.22. The number of amides is 1. The first-order chi connectivity index (χ1) is 17.3. The summed E-state index contributed by atoms with van der Waals surface area (Å²) in [6.07, 6.45) is -0.269. The quantitative estimate of drug-likeness (QED) is 0.202. The number of ether oxygens (including phenoxy) is 2. The minimum atomic E-state index is -4.64. The number of carbonyl (C=O) groups excluding carboxylic acids is 1. The molecule has 1 atom stereocenters. The van der Waals surface area contributed by atoms with Crippen molar-refractivity contribution in [2.24, 2.45) is 0 Å². The molecule has 0 aliphatic carbocycles. The summed E-state index contributed by atoms with van der Waals surface area (Å²) in [5.41, 5.74) is 0.336. The van der Waals surface area contributed by atoms with Crippen LogP contribution in [-0.4, -0.2) is 63.3 Å². The van der Waals surface area contributed by atoms with Gasteiger partial charge in [0, 0.05) is 30.9 Å². The van der Waals surface area contributed by atoms with Crippen molar-refractivity contribution in [3.8, 4) is 17.3 Å². The minimum Gasteiger partial charge on any atom is -0.491 e. The number of aryl methyl sites for hydroxylation is 1. The van der Waals surface area contributed by atoms with Gasteiger partial charge in [-0.05, 0) is 6.92 Å². The summed E-state index contributed by atoms with van der Waals surface area (Å²) in [4.78, 5) is 46.1. The maximum absolute atomic E-state index is 12.9. The summed E-state index contributed by atoms with van der Waals surface area (Å²) in [5, 5.41) is 12.4. The van der Waals surface area contributed by atoms with Crippen molar-refractivity contribution in [2.45, 2.75) is 13.0 Å². The Bertz CT molecular complexity index is 1420. The number of rotatable bonds is 10. The second-order valence-electron chi connectivity index (χ2n) is 7.47. The number of pyridine rings is 2. The van der Waals surface area contributed by atoms with Crippen LogP contribution in [0.15, 0.2) is 29.2 Å². The molecule has 16 heteroatoms. The number of nitrogens with zero attached hydrogens (tertiary/aromatic N) is 2. The lowest BCUT2D eigenvalue weighted by Crippen LogP contribution is -2.36. The molecule has 2 aromatic heterocycles. The number of nitrogens with one attached hydrogen (secondary N) is 1. The number of aliphatic hydroxyl groups excluding tert-OH is 1. The second kappa shape index (κ2) is 12.0. The Hall–Kier alpha value is -2.41. The number of phosphoric acid groups is 1. The van der Waals surface area contributed by atoms with Crippen molar-refractivity contribution in [3.63, 3.8) is 0 Å². The highest BCUT2D eigenvalue weighted by Crippen LogP contribution is 2.39. The molecule has 200 valence electrons. The summed E-state index contributed by atoms with van der Waals surface area (Å²) in [5.74, 6) is -0.657. The van der Waals surface area contributed by atoms with Crippen LogP contribution >= 0.6 is 42.6 Å². The standard InChI is InChI=1S/C21H21Cl3N3O9P/c1-10-5-15(28)17-19(14(24)8-26-21(17)35-9-16(29)20(30)25-2)27(10)18-12(22)6-11(7-13(18)23)34-3-4-36-37(31,32)33/h5-8,16,29H,3-4,9H2,1-2H3,(H,25,30)(H2,31,32,33)/t16-/m1/s1. The van der Waals surface area contributed by atoms with E-state index in [2.05, 4.69) is 14.8 Å². The highest BCUT2D eigenvalue weighted by molar-refractivity contribution is 7.46. The average Bonchev–Trinajstić information content (AvgIpc) is 2.81. The molecule has 0 unspecified atom stereocenters. The number of hydrogen-bond acceptors (Lipinski definition) is 8. The fourth-order valence-corrected chi connectivity index (χ4v) is 4.53. The Kier molecular flexibility index (Phi) is 9.43. The smallest absolute Gasteiger partial charge is 0.469 e. The summed E-state index contributed by atoms with van der Waals surface area (Å²) >= 11 is 19.5. The molecule has 37 heavy (non-hydrogen) atoms. The third-order valence-corrected chi connectivity index (χ3v) is 6.26. The van der Waals surface area contributed by atoms with Gasteiger partial charge in [0.25, 0.3) is 5.91 Å². The van der Waals surface area contributed by atoms with Gasteiger partial charge >= 0.3 is 7.82 Å². The summed E-state index contributed by atoms with van der Waals surface area (Å²) in [6.45, 7) is 0.571. The Morgan fingerprint density at radius 2 is 1.78 bits per heavy atom. The lowest BCUT2D eigenvalue weighted by atomic mass is 10.2. The lowest BCUT2D eigenvalue weighted by Gasteiger charge is -2.20. The number of benzene rings is 1. The molecule has 0 bridgehead atoms. The van der Waals surface area contributed by atoms with E-state index in [0.717, 1.165) is 0 Å². The third kappa shape index (κ3) is 6.92. The second-order valence-corrected chi connectivity index (χ2v) is 9.93. The van der Waals surface area contributed by atoms with E-state index in [4.69, 9.17) is 54.1 Å². The molecule has 1 amide bonds. The van der Waals surface area contributed by atoms with Gasteiger partial charge in [0.15, 0.2) is 11.5 Å². The van der Waals surface area contributed by atoms with Gasteiger partial charge in [-0.2, -0.15) is 0 Å². The van der Waals surface area contributed by atoms with Crippen molar-refractivity contribution >= 4 is 59.4 Å². The minimum absolute atomic E-state index is 0.0377. The number of carbonyl (C=O) groups is 1. The van der Waals surface area contributed by atoms with Gasteiger partial charge in [-0.1, -0.05) is 34.8 Å². The molecule has 0 saturated heterocycles. The molecule has 2 heterocycles. The Labute approximate surface area is 224 Å². The first-order valence-electron chi connectivity index (χ1n) is 10.4. The van der Waals surface area contributed by atoms with Crippen LogP contribution < -0.4 is 20.2 Å². The number of halogens is 3. The molecular weight excluding hydrogens is 576 g/mol. The van der Waals surface area contributed by atoms with Crippen molar-refractivity contribution in [2.75, 3.05) is 26.9 Å². The molecule has 0 aliphatic rings. The zero-order valence-electron chi connectivity index (χ0n) is 19.3. The van der Waals surface area contributed by atoms with Crippen molar-refractivity contribution in [1.82, 2.24) is 14.9 Å². The molecule has 0 fully saturated rings. The zero-order valence-corrected chi connectivity index (χ0v) is 22.4. The van der Waals surface area contributed by atoms with E-state index in [0.29, 0.717) is 5.69 Å². The van der Waals surface area contributed by atoms with Crippen LogP contribution in [0.4, 0.5) is 0 Å². The van der Waals surface area contributed by atoms with Crippen LogP contribution in [0, 0.1) is 6.92 Å². The van der Waals surface area contributed by atoms with E-state index < -0.39 is 31.9 Å². The Balaban J connectivity index is 2.06. The SMILES string of the molecule is CNC(=O)[C@H](O)COc1ncc(Cl)c2c1c(=O)cc(C)n2-c1c(Cl)cc(OCCOP(=O)(O)O)cc1Cl. The van der Waals surface area contributed by atoms with Crippen molar-refractivity contribution in [3.05, 3.63) is 55.4 Å². The fourth-order valence-electron chi connectivity index (χ4n) is 3.36. The molecule has 1 aromatic carbocycles. The Morgan fingerprint density at radius 3 is 2.38 bits per heavy atom. The van der Waals surface area contributed by atoms with Crippen LogP contribution in [0.5, 0.6) is 11.6 Å². The van der Waals surface area contributed by atoms with E-state index in [-0.39, 0.29) is 56.5 Å². The van der Waals surface area contributed by atoms with E-state index in [9.17, 15) is 19.3 Å². The first kappa shape index (κ1) is 29.2. The van der Waals surface area contributed by atoms with Gasteiger partial charge in [0.05, 0.1) is 39.1 Å². The summed E-state index contributed by atoms with van der Waals surface area (Å²) < 4.78 is 27.5. The molecule has 3 aromatic rings. The van der Waals surface area contributed by atoms with Crippen LogP contribution in [0.1, 0.15) is 5.69 Å². The van der Waals surface area contributed by atoms with Crippen molar-refractivity contribution < 1.29 is 38.3 Å². The van der Waals surface area contributed by atoms with E-state index in [1.807, 2.05) is 0 Å². The maximum atomic E-state index is 12.9. The number of aromatic nitrogens is 2. The topological polar surface area (TPSA) is 169 Å². The van der Waals surface area contributed by atoms with E-state index in [1.54, 1.807) is 6.92 Å². The monoisotopic (exact) mass is 595 g/mol. The third-order valence-electron chi connectivity index (χ3n) is 4.89. The number of phosphoric ester groups is 1. The molecule has 12 nitrogen and oxygen atoms in total. The largest absolute Gasteiger partial charge is 0.491 e. The number of aliphatic hydroxyl groups is 1. The molecule has 0 spiro atoms. The van der Waals surface area contributed by atoms with Gasteiger partial charge < -0.3 is 34.3 Å². The average molecular weight is 597 g/mol. The number of hydrogen-bond donors (Lipinski definition) is 4. The van der Waals surface area contributed by atoms with Gasteiger partial charge in [0.1, 0.15) is 24.3 Å². The zero-order chi connectivity index (χ0) is 27.5. The van der Waals surface area contributed by atoms with E-state index in [1.165, 1.54) is 36.0 Å². The van der Waals surface area contributed by atoms with E-state index >= 15 is 0 Å². The lowest BCUT2D eigenvalue weighted by molar-refractivity contribution is -0.130. The maximum Gasteiger partial charge on any atom is 0.469 e. The molecule has 0 saturated carbocycles. The predicted molar refractivity (Wildman–Crippen MR) is 136 cm³/mol. The summed E-state index contributed by atoms with van der Waals surface area (Å²) in [6, 6.07) is 4.12. The first-order valence-corrected chi connectivity index (χ1v) is 13.1. The fraction of sp³-hybridized carbons (Fsp3) is 0.286. The Morgan fingerprint density at radius 1 is 1.14 bits per heavy atom. The molecule has 3 rings (SSSR count). The molecule has 0 radical (unpaired) electrons. The highest BCUT2D eigenvalue weighted by atomic mass is 35.5. The van der Waals surface area contributed by atoms with Gasteiger partial charge in [0.2, 0.25) is 5.88 Å². The molecule has 0 aliphatic heterocycles. The normalized spacial score (nSPS) is 12.4. The van der Waals surface area contributed by atoms with Gasteiger partial charge in [-0.15, -0.1) is 0 Å². The predicted octanol–water partition coefficient (Wildman–Crippen LogP) is 2.63. The van der Waals surface area contributed by atoms with Crippen LogP contribution in [0.3, 0.4) is 0 Å². The molecule has 4 N–H and O–H groups in total. The number of fused-ring (bicyclic) bond motifs is 1. The molecular formula is C21H21Cl3N3O9P. The number of likely N-dealkylation sites (N-methyl/N-ethyl adjacent to an activating group) is 1. The van der Waals surface area contributed by atoms with Crippen LogP contribution in [0.2, 0.25) is 15.1 Å².